The standard InChI is InChI=1S/C15H21FN2O3/c1-9-4-10(17)5-12(13(9)16)14(20)18-6-11(7-19)21-15(2,3)8-18/h4-5,11,19H,6-8,17H2,1-3H3. The van der Waals surface area contributed by atoms with E-state index in [9.17, 15) is 14.3 Å². The van der Waals surface area contributed by atoms with Crippen LogP contribution in [-0.4, -0.2) is 47.3 Å². The van der Waals surface area contributed by atoms with Gasteiger partial charge in [-0.3, -0.25) is 4.79 Å². The van der Waals surface area contributed by atoms with Gasteiger partial charge < -0.3 is 20.5 Å². The van der Waals surface area contributed by atoms with Crippen molar-refractivity contribution in [3.8, 4) is 0 Å². The lowest BCUT2D eigenvalue weighted by molar-refractivity contribution is -0.139. The molecule has 1 atom stereocenters. The van der Waals surface area contributed by atoms with Crippen molar-refractivity contribution in [1.29, 1.82) is 0 Å². The van der Waals surface area contributed by atoms with Gasteiger partial charge >= 0.3 is 0 Å². The van der Waals surface area contributed by atoms with Gasteiger partial charge in [0.2, 0.25) is 0 Å². The van der Waals surface area contributed by atoms with Gasteiger partial charge in [-0.05, 0) is 38.5 Å². The van der Waals surface area contributed by atoms with Gasteiger partial charge in [0, 0.05) is 18.8 Å². The van der Waals surface area contributed by atoms with Crippen LogP contribution < -0.4 is 5.73 Å². The van der Waals surface area contributed by atoms with Gasteiger partial charge in [-0.2, -0.15) is 0 Å². The molecule has 1 heterocycles. The Morgan fingerprint density at radius 1 is 1.57 bits per heavy atom. The van der Waals surface area contributed by atoms with E-state index in [1.54, 1.807) is 6.92 Å². The van der Waals surface area contributed by atoms with Gasteiger partial charge in [0.25, 0.3) is 5.91 Å². The third kappa shape index (κ3) is 3.33. The number of aliphatic hydroxyl groups is 1. The molecular weight excluding hydrogens is 275 g/mol. The number of nitrogens with zero attached hydrogens (tertiary/aromatic N) is 1. The first-order chi connectivity index (χ1) is 9.73. The Morgan fingerprint density at radius 2 is 2.24 bits per heavy atom. The number of benzene rings is 1. The van der Waals surface area contributed by atoms with Crippen molar-refractivity contribution in [2.75, 3.05) is 25.4 Å². The minimum atomic E-state index is -0.590. The van der Waals surface area contributed by atoms with Crippen molar-refractivity contribution in [3.05, 3.63) is 29.1 Å². The molecular formula is C15H21FN2O3. The maximum absolute atomic E-state index is 14.2. The fourth-order valence-electron chi connectivity index (χ4n) is 2.67. The molecule has 0 aliphatic carbocycles. The van der Waals surface area contributed by atoms with Crippen molar-refractivity contribution in [2.24, 2.45) is 0 Å². The quantitative estimate of drug-likeness (QED) is 0.807. The largest absolute Gasteiger partial charge is 0.399 e. The highest BCUT2D eigenvalue weighted by atomic mass is 19.1. The minimum absolute atomic E-state index is 0.0399. The van der Waals surface area contributed by atoms with Crippen molar-refractivity contribution in [3.63, 3.8) is 0 Å². The van der Waals surface area contributed by atoms with E-state index < -0.39 is 23.4 Å². The van der Waals surface area contributed by atoms with Crippen LogP contribution in [0.5, 0.6) is 0 Å². The summed E-state index contributed by atoms with van der Waals surface area (Å²) in [6.45, 7) is 5.60. The van der Waals surface area contributed by atoms with Crippen molar-refractivity contribution >= 4 is 11.6 Å². The highest BCUT2D eigenvalue weighted by Crippen LogP contribution is 2.25. The summed E-state index contributed by atoms with van der Waals surface area (Å²) >= 11 is 0. The summed E-state index contributed by atoms with van der Waals surface area (Å²) in [5.74, 6) is -0.989. The van der Waals surface area contributed by atoms with Gasteiger partial charge in [0.1, 0.15) is 5.82 Å². The number of morpholine rings is 1. The Hall–Kier alpha value is -1.66. The van der Waals surface area contributed by atoms with E-state index in [1.807, 2.05) is 13.8 Å². The second-order valence-corrected chi connectivity index (χ2v) is 6.07. The molecule has 1 aliphatic rings. The third-order valence-corrected chi connectivity index (χ3v) is 3.48. The third-order valence-electron chi connectivity index (χ3n) is 3.48. The smallest absolute Gasteiger partial charge is 0.257 e. The predicted molar refractivity (Wildman–Crippen MR) is 77.5 cm³/mol. The number of rotatable bonds is 2. The summed E-state index contributed by atoms with van der Waals surface area (Å²) in [6, 6.07) is 2.84. The molecule has 1 unspecified atom stereocenters. The molecule has 1 amide bonds. The average molecular weight is 296 g/mol. The van der Waals surface area contributed by atoms with E-state index >= 15 is 0 Å². The summed E-state index contributed by atoms with van der Waals surface area (Å²) in [6.07, 6.45) is -0.470. The first-order valence-electron chi connectivity index (χ1n) is 6.87. The van der Waals surface area contributed by atoms with Crippen LogP contribution in [0.25, 0.3) is 0 Å². The normalized spacial score (nSPS) is 21.4. The zero-order chi connectivity index (χ0) is 15.8. The van der Waals surface area contributed by atoms with Gasteiger partial charge in [-0.25, -0.2) is 4.39 Å². The summed E-state index contributed by atoms with van der Waals surface area (Å²) < 4.78 is 19.8. The van der Waals surface area contributed by atoms with Crippen LogP contribution in [0.3, 0.4) is 0 Å². The molecule has 0 aromatic heterocycles. The number of anilines is 1. The number of amides is 1. The lowest BCUT2D eigenvalue weighted by Crippen LogP contribution is -2.55. The summed E-state index contributed by atoms with van der Waals surface area (Å²) in [4.78, 5) is 14.1. The molecule has 1 saturated heterocycles. The lowest BCUT2D eigenvalue weighted by Gasteiger charge is -2.42. The van der Waals surface area contributed by atoms with E-state index in [1.165, 1.54) is 17.0 Å². The van der Waals surface area contributed by atoms with E-state index in [4.69, 9.17) is 10.5 Å². The summed E-state index contributed by atoms with van der Waals surface area (Å²) in [5.41, 5.74) is 5.76. The van der Waals surface area contributed by atoms with E-state index in [0.29, 0.717) is 17.8 Å². The number of hydrogen-bond acceptors (Lipinski definition) is 4. The molecule has 6 heteroatoms. The van der Waals surface area contributed by atoms with Gasteiger partial charge in [-0.15, -0.1) is 0 Å². The second kappa shape index (κ2) is 5.61. The first-order valence-corrected chi connectivity index (χ1v) is 6.87. The Balaban J connectivity index is 2.31. The molecule has 5 nitrogen and oxygen atoms in total. The average Bonchev–Trinajstić information content (AvgIpc) is 2.40. The van der Waals surface area contributed by atoms with Gasteiger partial charge in [-0.1, -0.05) is 0 Å². The highest BCUT2D eigenvalue weighted by molar-refractivity contribution is 5.95. The van der Waals surface area contributed by atoms with E-state index in [-0.39, 0.29) is 18.7 Å². The maximum atomic E-state index is 14.2. The molecule has 1 aliphatic heterocycles. The van der Waals surface area contributed by atoms with Crippen LogP contribution in [0, 0.1) is 12.7 Å². The minimum Gasteiger partial charge on any atom is -0.399 e. The molecule has 2 rings (SSSR count). The second-order valence-electron chi connectivity index (χ2n) is 6.07. The van der Waals surface area contributed by atoms with Crippen LogP contribution >= 0.6 is 0 Å². The number of ether oxygens (including phenoxy) is 1. The maximum Gasteiger partial charge on any atom is 0.257 e. The Labute approximate surface area is 123 Å². The van der Waals surface area contributed by atoms with Crippen LogP contribution in [0.1, 0.15) is 29.8 Å². The van der Waals surface area contributed by atoms with Crippen molar-refractivity contribution in [1.82, 2.24) is 4.90 Å². The Bertz CT molecular complexity index is 560. The van der Waals surface area contributed by atoms with Gasteiger partial charge in [0.05, 0.1) is 23.9 Å². The number of carbonyl (C=O) groups excluding carboxylic acids is 1. The fraction of sp³-hybridized carbons (Fsp3) is 0.533. The fourth-order valence-corrected chi connectivity index (χ4v) is 2.67. The number of aryl methyl sites for hydroxylation is 1. The molecule has 0 spiro atoms. The molecule has 0 saturated carbocycles. The molecule has 0 bridgehead atoms. The van der Waals surface area contributed by atoms with Crippen molar-refractivity contribution in [2.45, 2.75) is 32.5 Å². The van der Waals surface area contributed by atoms with E-state index in [2.05, 4.69) is 0 Å². The molecule has 0 radical (unpaired) electrons. The van der Waals surface area contributed by atoms with Crippen LogP contribution in [-0.2, 0) is 4.74 Å². The monoisotopic (exact) mass is 296 g/mol. The zero-order valence-corrected chi connectivity index (χ0v) is 12.5. The number of carbonyl (C=O) groups is 1. The molecule has 1 aromatic rings. The zero-order valence-electron chi connectivity index (χ0n) is 12.5. The topological polar surface area (TPSA) is 75.8 Å². The highest BCUT2D eigenvalue weighted by Gasteiger charge is 2.36. The van der Waals surface area contributed by atoms with Crippen LogP contribution in [0.4, 0.5) is 10.1 Å². The van der Waals surface area contributed by atoms with Crippen molar-refractivity contribution < 1.29 is 19.0 Å². The summed E-state index contributed by atoms with van der Waals surface area (Å²) in [5, 5.41) is 9.28. The molecule has 116 valence electrons. The van der Waals surface area contributed by atoms with Gasteiger partial charge in [0.15, 0.2) is 0 Å². The molecule has 21 heavy (non-hydrogen) atoms. The van der Waals surface area contributed by atoms with Crippen LogP contribution in [0.2, 0.25) is 0 Å². The SMILES string of the molecule is Cc1cc(N)cc(C(=O)N2CC(CO)OC(C)(C)C2)c1F. The number of nitrogens with two attached hydrogens (primary N) is 1. The first kappa shape index (κ1) is 15.7. The molecule has 1 fully saturated rings. The number of nitrogen functional groups attached to an aromatic ring is 1. The lowest BCUT2D eigenvalue weighted by atomic mass is 10.0. The molecule has 3 N–H and O–H groups in total. The number of halogens is 1. The summed E-state index contributed by atoms with van der Waals surface area (Å²) in [7, 11) is 0. The number of aliphatic hydroxyl groups excluding tert-OH is 1. The number of hydrogen-bond donors (Lipinski definition) is 2. The molecule has 1 aromatic carbocycles. The van der Waals surface area contributed by atoms with E-state index in [0.717, 1.165) is 0 Å². The predicted octanol–water partition coefficient (Wildman–Crippen LogP) is 1.33. The van der Waals surface area contributed by atoms with Crippen LogP contribution in [0.15, 0.2) is 12.1 Å². The Kier molecular flexibility index (Phi) is 4.20. The Morgan fingerprint density at radius 3 is 2.86 bits per heavy atom.